The van der Waals surface area contributed by atoms with Crippen molar-refractivity contribution >= 4 is 43.7 Å². The first kappa shape index (κ1) is 23.8. The molecule has 4 nitrogen and oxygen atoms in total. The predicted molar refractivity (Wildman–Crippen MR) is 93.2 cm³/mol. The van der Waals surface area contributed by atoms with Gasteiger partial charge >= 0.3 is 145 Å². The van der Waals surface area contributed by atoms with Gasteiger partial charge in [-0.3, -0.25) is 0 Å². The minimum absolute atomic E-state index is 0.978. The van der Waals surface area contributed by atoms with E-state index in [1.807, 2.05) is 0 Å². The minimum atomic E-state index is -1.33. The number of hydrogen-bond donors (Lipinski definition) is 0. The monoisotopic (exact) mass is 494 g/mol. The van der Waals surface area contributed by atoms with Crippen LogP contribution >= 0.6 is 0 Å². The van der Waals surface area contributed by atoms with E-state index in [9.17, 15) is 0 Å². The molecule has 0 unspecified atom stereocenters. The van der Waals surface area contributed by atoms with Gasteiger partial charge in [0, 0.05) is 0 Å². The molecule has 6 heteroatoms. The Balaban J connectivity index is 0. The quantitative estimate of drug-likeness (QED) is 0.436. The topological polar surface area (TPSA) is 24.9 Å². The average molecular weight is 494 g/mol. The first-order valence-electron chi connectivity index (χ1n) is 7.78. The van der Waals surface area contributed by atoms with Crippen molar-refractivity contribution in [3.05, 3.63) is 0 Å². The van der Waals surface area contributed by atoms with Crippen LogP contribution in [0.2, 0.25) is 18.7 Å². The average Bonchev–Trinajstić information content (AvgIpc) is 2.30. The molecule has 0 aromatic carbocycles. The molecule has 0 spiro atoms. The van der Waals surface area contributed by atoms with E-state index in [-0.39, 0.29) is 0 Å². The molecular formula is C14H36In2N2O2. The third-order valence-electron chi connectivity index (χ3n) is 2.40. The summed E-state index contributed by atoms with van der Waals surface area (Å²) in [5, 5.41) is 0. The summed E-state index contributed by atoms with van der Waals surface area (Å²) in [5.41, 5.74) is 0. The summed E-state index contributed by atoms with van der Waals surface area (Å²) in [4.78, 5) is 4.39. The van der Waals surface area contributed by atoms with Gasteiger partial charge in [0.25, 0.3) is 0 Å². The van der Waals surface area contributed by atoms with Crippen molar-refractivity contribution in [2.45, 2.75) is 31.6 Å². The second-order valence-electron chi connectivity index (χ2n) is 6.15. The van der Waals surface area contributed by atoms with Crippen molar-refractivity contribution in [2.75, 3.05) is 54.5 Å². The van der Waals surface area contributed by atoms with Crippen LogP contribution in [-0.4, -0.2) is 108 Å². The maximum atomic E-state index is 5.58. The van der Waals surface area contributed by atoms with E-state index in [1.165, 1.54) is 12.8 Å². The summed E-state index contributed by atoms with van der Waals surface area (Å²) in [6.07, 6.45) is 2.37. The molecule has 0 N–H and O–H groups in total. The Morgan fingerprint density at radius 2 is 0.950 bits per heavy atom. The summed E-state index contributed by atoms with van der Waals surface area (Å²) in [5.74, 6) is 0. The predicted octanol–water partition coefficient (Wildman–Crippen LogP) is 2.41. The molecule has 0 atom stereocenters. The third-order valence-corrected chi connectivity index (χ3v) is 7.55. The van der Waals surface area contributed by atoms with Gasteiger partial charge < -0.3 is 0 Å². The molecule has 0 aromatic rings. The molecule has 0 heterocycles. The number of nitrogens with zero attached hydrogens (tertiary/aromatic N) is 2. The van der Waals surface area contributed by atoms with Crippen LogP contribution in [0.1, 0.15) is 12.8 Å². The molecule has 0 saturated heterocycles. The van der Waals surface area contributed by atoms with E-state index >= 15 is 0 Å². The molecule has 0 aliphatic heterocycles. The van der Waals surface area contributed by atoms with Gasteiger partial charge in [-0.15, -0.1) is 0 Å². The van der Waals surface area contributed by atoms with Crippen molar-refractivity contribution < 1.29 is 5.71 Å². The van der Waals surface area contributed by atoms with Crippen LogP contribution in [0.4, 0.5) is 0 Å². The van der Waals surface area contributed by atoms with Crippen LogP contribution in [0, 0.1) is 0 Å². The second kappa shape index (κ2) is 16.9. The molecule has 20 heavy (non-hydrogen) atoms. The van der Waals surface area contributed by atoms with E-state index in [2.05, 4.69) is 56.7 Å². The molecule has 0 bridgehead atoms. The zero-order chi connectivity index (χ0) is 16.0. The van der Waals surface area contributed by atoms with E-state index in [4.69, 9.17) is 5.71 Å². The Bertz CT molecular complexity index is 152. The summed E-state index contributed by atoms with van der Waals surface area (Å²) < 4.78 is 20.3. The zero-order valence-corrected chi connectivity index (χ0v) is 21.7. The van der Waals surface area contributed by atoms with E-state index in [0.29, 0.717) is 0 Å². The van der Waals surface area contributed by atoms with E-state index in [1.54, 1.807) is 0 Å². The van der Waals surface area contributed by atoms with Gasteiger partial charge in [-0.2, -0.15) is 0 Å². The molecule has 0 rings (SSSR count). The molecule has 0 fully saturated rings. The van der Waals surface area contributed by atoms with Gasteiger partial charge in [0.2, 0.25) is 0 Å². The van der Waals surface area contributed by atoms with Crippen molar-refractivity contribution in [1.82, 2.24) is 9.80 Å². The molecule has 0 amide bonds. The molecular weight excluding hydrogens is 458 g/mol. The van der Waals surface area contributed by atoms with Gasteiger partial charge in [0.05, 0.1) is 0 Å². The van der Waals surface area contributed by atoms with Gasteiger partial charge in [0.15, 0.2) is 0 Å². The Kier molecular flexibility index (Phi) is 20.2. The van der Waals surface area contributed by atoms with Crippen molar-refractivity contribution in [1.29, 1.82) is 0 Å². The van der Waals surface area contributed by atoms with Gasteiger partial charge in [-0.05, 0) is 0 Å². The normalized spacial score (nSPS) is 10.5. The summed E-state index contributed by atoms with van der Waals surface area (Å²) in [6, 6.07) is 0. The molecule has 0 aromatic heterocycles. The number of rotatable bonds is 10. The van der Waals surface area contributed by atoms with Crippen LogP contribution in [0.3, 0.4) is 0 Å². The summed E-state index contributed by atoms with van der Waals surface area (Å²) in [6.45, 7) is 4.26. The molecule has 0 saturated carbocycles. The first-order valence-corrected chi connectivity index (χ1v) is 23.7. The van der Waals surface area contributed by atoms with Crippen LogP contribution < -0.4 is 0 Å². The van der Waals surface area contributed by atoms with Crippen molar-refractivity contribution in [2.24, 2.45) is 0 Å². The molecule has 0 aliphatic rings. The van der Waals surface area contributed by atoms with Crippen molar-refractivity contribution in [3.8, 4) is 0 Å². The van der Waals surface area contributed by atoms with Gasteiger partial charge in [-0.1, -0.05) is 0 Å². The second-order valence-corrected chi connectivity index (χ2v) is 20.0. The third kappa shape index (κ3) is 27.8. The van der Waals surface area contributed by atoms with E-state index < -0.39 is 43.7 Å². The molecule has 120 valence electrons. The van der Waals surface area contributed by atoms with Gasteiger partial charge in [0.1, 0.15) is 0 Å². The molecule has 0 radical (unpaired) electrons. The summed E-state index contributed by atoms with van der Waals surface area (Å²) >= 11 is -2.66. The van der Waals surface area contributed by atoms with Gasteiger partial charge in [-0.25, -0.2) is 0 Å². The van der Waals surface area contributed by atoms with Crippen LogP contribution in [0.5, 0.6) is 0 Å². The first-order chi connectivity index (χ1) is 9.25. The fourth-order valence-corrected chi connectivity index (χ4v) is 5.04. The standard InChI is InChI=1S/2C5H12NO.4CH3.2In/c2*1-6(2)4-3-5-7;;;;;;/h2*3-5H2,1-2H3;4*1H3;;/q2*-1;;;;;2*+1. The Morgan fingerprint density at radius 1 is 0.650 bits per heavy atom. The van der Waals surface area contributed by atoms with Crippen LogP contribution in [0.15, 0.2) is 0 Å². The Labute approximate surface area is 144 Å². The summed E-state index contributed by atoms with van der Waals surface area (Å²) in [7, 11) is 8.38. The fourth-order valence-electron chi connectivity index (χ4n) is 1.40. The Hall–Kier alpha value is 1.58. The van der Waals surface area contributed by atoms with E-state index in [0.717, 1.165) is 26.3 Å². The fraction of sp³-hybridized carbons (Fsp3) is 1.00. The molecule has 0 aliphatic carbocycles. The zero-order valence-electron chi connectivity index (χ0n) is 15.1. The SMILES string of the molecule is CN(C)CCC[O][In]([CH3])[CH3].CN(C)CCC[O][In]([CH3])[CH3]. The Morgan fingerprint density at radius 3 is 1.15 bits per heavy atom. The maximum absolute atomic E-state index is 5.58. The number of hydrogen-bond acceptors (Lipinski definition) is 4. The van der Waals surface area contributed by atoms with Crippen LogP contribution in [-0.2, 0) is 5.71 Å². The van der Waals surface area contributed by atoms with Crippen LogP contribution in [0.25, 0.3) is 0 Å². The van der Waals surface area contributed by atoms with Crippen molar-refractivity contribution in [3.63, 3.8) is 0 Å².